The molecule has 6 nitrogen and oxygen atoms in total. The van der Waals surface area contributed by atoms with E-state index in [1.165, 1.54) is 6.07 Å². The van der Waals surface area contributed by atoms with Crippen LogP contribution in [0.2, 0.25) is 12.6 Å². The van der Waals surface area contributed by atoms with E-state index in [0.717, 1.165) is 38.3 Å². The molecule has 1 saturated heterocycles. The first-order chi connectivity index (χ1) is 10.7. The van der Waals surface area contributed by atoms with E-state index >= 15 is 0 Å². The van der Waals surface area contributed by atoms with Gasteiger partial charge in [0.1, 0.15) is 0 Å². The molecule has 0 aliphatic carbocycles. The summed E-state index contributed by atoms with van der Waals surface area (Å²) in [7, 11) is 0. The third-order valence-electron chi connectivity index (χ3n) is 3.74. The van der Waals surface area contributed by atoms with E-state index < -0.39 is 5.97 Å². The van der Waals surface area contributed by atoms with Crippen LogP contribution in [0, 0.1) is 17.1 Å². The first kappa shape index (κ1) is 18.1. The highest BCUT2D eigenvalue weighted by Gasteiger charge is 2.23. The van der Waals surface area contributed by atoms with Gasteiger partial charge in [0.15, 0.2) is 0 Å². The van der Waals surface area contributed by atoms with Crippen molar-refractivity contribution in [3.8, 4) is 11.8 Å². The minimum absolute atomic E-state index is 0.213. The average Bonchev–Trinajstić information content (AvgIpc) is 3.03. The van der Waals surface area contributed by atoms with Crippen LogP contribution in [0.4, 0.5) is 0 Å². The number of aromatic carboxylic acids is 1. The molecule has 1 aromatic heterocycles. The van der Waals surface area contributed by atoms with E-state index in [4.69, 9.17) is 15.1 Å². The summed E-state index contributed by atoms with van der Waals surface area (Å²) in [5.74, 6) is 1.86. The zero-order chi connectivity index (χ0) is 16.4. The second kappa shape index (κ2) is 9.88. The summed E-state index contributed by atoms with van der Waals surface area (Å²) in [5.41, 5.74) is 0. The molecule has 2 heterocycles. The fourth-order valence-electron chi connectivity index (χ4n) is 2.56. The van der Waals surface area contributed by atoms with Gasteiger partial charge in [-0.25, -0.2) is 10.1 Å². The van der Waals surface area contributed by atoms with Gasteiger partial charge in [0, 0.05) is 5.97 Å². The number of carboxylic acids is 1. The second-order valence-corrected chi connectivity index (χ2v) is 5.17. The predicted molar refractivity (Wildman–Crippen MR) is 83.2 cm³/mol. The van der Waals surface area contributed by atoms with Crippen LogP contribution >= 0.6 is 0 Å². The SMILES string of the molecule is CC.N#CB1CCC(CCCOc2cc(C(=O)O)on2)CC1. The zero-order valence-electron chi connectivity index (χ0n) is 13.2. The molecule has 1 aromatic rings. The molecule has 0 radical (unpaired) electrons. The van der Waals surface area contributed by atoms with Crippen molar-refractivity contribution in [2.24, 2.45) is 5.92 Å². The lowest BCUT2D eigenvalue weighted by atomic mass is 9.41. The smallest absolute Gasteiger partial charge is 0.374 e. The van der Waals surface area contributed by atoms with Crippen LogP contribution in [0.15, 0.2) is 10.6 Å². The lowest BCUT2D eigenvalue weighted by Gasteiger charge is -2.22. The van der Waals surface area contributed by atoms with E-state index in [-0.39, 0.29) is 18.4 Å². The summed E-state index contributed by atoms with van der Waals surface area (Å²) >= 11 is 0. The molecule has 0 saturated carbocycles. The van der Waals surface area contributed by atoms with Crippen molar-refractivity contribution < 1.29 is 19.2 Å². The van der Waals surface area contributed by atoms with E-state index in [2.05, 4.69) is 15.6 Å². The summed E-state index contributed by atoms with van der Waals surface area (Å²) in [6.07, 6.45) is 6.22. The lowest BCUT2D eigenvalue weighted by Crippen LogP contribution is -2.20. The Morgan fingerprint density at radius 1 is 1.55 bits per heavy atom. The Balaban J connectivity index is 0.00000116. The van der Waals surface area contributed by atoms with E-state index in [1.54, 1.807) is 0 Å². The van der Waals surface area contributed by atoms with Gasteiger partial charge in [-0.2, -0.15) is 0 Å². The van der Waals surface area contributed by atoms with E-state index in [0.29, 0.717) is 12.5 Å². The standard InChI is InChI=1S/C13H17BN2O4.C2H6/c15-9-14-5-3-10(4-6-14)2-1-7-19-12-8-11(13(17)18)20-16-12;1-2/h8,10H,1-7H2,(H,17,18);1-2H3. The van der Waals surface area contributed by atoms with Crippen molar-refractivity contribution in [3.63, 3.8) is 0 Å². The molecule has 0 bridgehead atoms. The topological polar surface area (TPSA) is 96.3 Å². The van der Waals surface area contributed by atoms with Crippen LogP contribution in [0.3, 0.4) is 0 Å². The molecular weight excluding hydrogens is 283 g/mol. The number of rotatable bonds is 6. The van der Waals surface area contributed by atoms with E-state index in [1.807, 2.05) is 13.8 Å². The van der Waals surface area contributed by atoms with Gasteiger partial charge < -0.3 is 14.4 Å². The van der Waals surface area contributed by atoms with Crippen molar-refractivity contribution in [1.29, 1.82) is 5.26 Å². The van der Waals surface area contributed by atoms with Crippen molar-refractivity contribution in [3.05, 3.63) is 11.8 Å². The normalized spacial score (nSPS) is 14.7. The van der Waals surface area contributed by atoms with Gasteiger partial charge in [-0.05, 0) is 23.9 Å². The fraction of sp³-hybridized carbons (Fsp3) is 0.667. The molecule has 2 rings (SSSR count). The molecule has 0 amide bonds. The number of aromatic nitrogens is 1. The van der Waals surface area contributed by atoms with Crippen LogP contribution in [-0.4, -0.2) is 29.6 Å². The van der Waals surface area contributed by atoms with E-state index in [9.17, 15) is 4.79 Å². The summed E-state index contributed by atoms with van der Waals surface area (Å²) < 4.78 is 9.94. The number of carboxylic acid groups (broad SMARTS) is 1. The van der Waals surface area contributed by atoms with Crippen LogP contribution in [0.1, 0.15) is 50.1 Å². The van der Waals surface area contributed by atoms with Gasteiger partial charge in [0.2, 0.25) is 5.76 Å². The Labute approximate surface area is 131 Å². The zero-order valence-corrected chi connectivity index (χ0v) is 13.2. The number of nitrogens with zero attached hydrogens (tertiary/aromatic N) is 2. The number of ether oxygens (including phenoxy) is 1. The molecule has 0 unspecified atom stereocenters. The third kappa shape index (κ3) is 5.80. The van der Waals surface area contributed by atoms with Crippen molar-refractivity contribution >= 4 is 12.7 Å². The summed E-state index contributed by atoms with van der Waals surface area (Å²) in [5, 5.41) is 21.0. The molecule has 1 fully saturated rings. The van der Waals surface area contributed by atoms with Gasteiger partial charge >= 0.3 is 5.97 Å². The monoisotopic (exact) mass is 306 g/mol. The Kier molecular flexibility index (Phi) is 8.12. The highest BCUT2D eigenvalue weighted by atomic mass is 16.5. The number of carbonyl (C=O) groups is 1. The molecule has 0 aromatic carbocycles. The molecule has 0 atom stereocenters. The van der Waals surface area contributed by atoms with Crippen LogP contribution in [0.25, 0.3) is 0 Å². The van der Waals surface area contributed by atoms with Gasteiger partial charge in [0.25, 0.3) is 12.6 Å². The highest BCUT2D eigenvalue weighted by molar-refractivity contribution is 6.67. The number of hydrogen-bond acceptors (Lipinski definition) is 5. The Bertz CT molecular complexity index is 490. The average molecular weight is 306 g/mol. The Morgan fingerprint density at radius 2 is 2.23 bits per heavy atom. The molecule has 120 valence electrons. The molecule has 1 aliphatic rings. The van der Waals surface area contributed by atoms with Crippen molar-refractivity contribution in [1.82, 2.24) is 5.16 Å². The van der Waals surface area contributed by atoms with Crippen molar-refractivity contribution in [2.45, 2.75) is 52.2 Å². The highest BCUT2D eigenvalue weighted by Crippen LogP contribution is 2.28. The van der Waals surface area contributed by atoms with Crippen LogP contribution in [0.5, 0.6) is 5.88 Å². The molecule has 1 N–H and O–H groups in total. The van der Waals surface area contributed by atoms with Gasteiger partial charge in [-0.3, -0.25) is 0 Å². The lowest BCUT2D eigenvalue weighted by molar-refractivity contribution is 0.0651. The van der Waals surface area contributed by atoms with Crippen molar-refractivity contribution in [2.75, 3.05) is 6.61 Å². The Morgan fingerprint density at radius 3 is 2.77 bits per heavy atom. The molecule has 7 heteroatoms. The molecular formula is C15H23BN2O4. The number of nitriles is 1. The Hall–Kier alpha value is -1.97. The van der Waals surface area contributed by atoms with Crippen LogP contribution in [-0.2, 0) is 0 Å². The summed E-state index contributed by atoms with van der Waals surface area (Å²) in [4.78, 5) is 10.6. The largest absolute Gasteiger partial charge is 0.475 e. The predicted octanol–water partition coefficient (Wildman–Crippen LogP) is 3.53. The minimum atomic E-state index is -1.15. The third-order valence-corrected chi connectivity index (χ3v) is 3.74. The second-order valence-electron chi connectivity index (χ2n) is 5.17. The van der Waals surface area contributed by atoms with Crippen LogP contribution < -0.4 is 4.74 Å². The maximum Gasteiger partial charge on any atom is 0.374 e. The number of hydrogen-bond donors (Lipinski definition) is 1. The molecule has 22 heavy (non-hydrogen) atoms. The van der Waals surface area contributed by atoms with Gasteiger partial charge in [-0.15, -0.1) is 0 Å². The first-order valence-electron chi connectivity index (χ1n) is 7.91. The quantitative estimate of drug-likeness (QED) is 0.638. The van der Waals surface area contributed by atoms with Gasteiger partial charge in [-0.1, -0.05) is 39.3 Å². The molecule has 1 aliphatic heterocycles. The molecule has 0 spiro atoms. The summed E-state index contributed by atoms with van der Waals surface area (Å²) in [6.45, 7) is 4.75. The first-order valence-corrected chi connectivity index (χ1v) is 7.91. The van der Waals surface area contributed by atoms with Gasteiger partial charge in [0.05, 0.1) is 12.7 Å². The maximum absolute atomic E-state index is 10.6. The minimum Gasteiger partial charge on any atom is -0.475 e. The fourth-order valence-corrected chi connectivity index (χ4v) is 2.56. The maximum atomic E-state index is 10.6. The summed E-state index contributed by atoms with van der Waals surface area (Å²) in [6, 6.07) is 1.28.